The highest BCUT2D eigenvalue weighted by Gasteiger charge is 2.45. The monoisotopic (exact) mass is 468 g/mol. The van der Waals surface area contributed by atoms with Gasteiger partial charge in [-0.15, -0.1) is 0 Å². The minimum Gasteiger partial charge on any atom is -0.378 e. The van der Waals surface area contributed by atoms with Crippen LogP contribution in [0.4, 0.5) is 0 Å². The van der Waals surface area contributed by atoms with Crippen molar-refractivity contribution in [3.8, 4) is 0 Å². The Labute approximate surface area is 208 Å². The SMILES string of the molecule is CCCCCCCCCCCCOCC1(CCCCCCCCCCCC)COC(C)(C)O1. The van der Waals surface area contributed by atoms with Crippen LogP contribution in [0, 0.1) is 0 Å². The third kappa shape index (κ3) is 17.0. The van der Waals surface area contributed by atoms with Crippen LogP contribution in [0.1, 0.15) is 163 Å². The standard InChI is InChI=1S/C30H60O3/c1-5-7-9-11-13-15-17-19-21-23-25-30(28-32-29(3,4)33-30)27-31-26-24-22-20-18-16-14-12-10-8-6-2/h5-28H2,1-4H3. The smallest absolute Gasteiger partial charge is 0.163 e. The summed E-state index contributed by atoms with van der Waals surface area (Å²) in [6.45, 7) is 10.9. The van der Waals surface area contributed by atoms with Crippen LogP contribution in [0.2, 0.25) is 0 Å². The van der Waals surface area contributed by atoms with Crippen LogP contribution in [-0.2, 0) is 14.2 Å². The van der Waals surface area contributed by atoms with Crippen molar-refractivity contribution < 1.29 is 14.2 Å². The molecule has 1 heterocycles. The first-order valence-corrected chi connectivity index (χ1v) is 15.0. The van der Waals surface area contributed by atoms with E-state index in [4.69, 9.17) is 14.2 Å². The Morgan fingerprint density at radius 1 is 0.576 bits per heavy atom. The van der Waals surface area contributed by atoms with Crippen molar-refractivity contribution >= 4 is 0 Å². The van der Waals surface area contributed by atoms with E-state index in [0.29, 0.717) is 13.2 Å². The third-order valence-electron chi connectivity index (χ3n) is 7.14. The van der Waals surface area contributed by atoms with Gasteiger partial charge in [0.1, 0.15) is 5.60 Å². The first-order valence-electron chi connectivity index (χ1n) is 15.0. The van der Waals surface area contributed by atoms with Crippen LogP contribution in [0.5, 0.6) is 0 Å². The number of unbranched alkanes of at least 4 members (excludes halogenated alkanes) is 18. The molecule has 3 nitrogen and oxygen atoms in total. The molecule has 1 rings (SSSR count). The number of rotatable bonds is 24. The van der Waals surface area contributed by atoms with Crippen LogP contribution < -0.4 is 0 Å². The van der Waals surface area contributed by atoms with Gasteiger partial charge in [0, 0.05) is 6.61 Å². The van der Waals surface area contributed by atoms with Gasteiger partial charge in [-0.05, 0) is 26.7 Å². The second kappa shape index (κ2) is 20.1. The van der Waals surface area contributed by atoms with E-state index in [1.165, 1.54) is 128 Å². The van der Waals surface area contributed by atoms with Crippen LogP contribution in [0.25, 0.3) is 0 Å². The van der Waals surface area contributed by atoms with Gasteiger partial charge in [0.15, 0.2) is 5.79 Å². The van der Waals surface area contributed by atoms with Gasteiger partial charge in [0.2, 0.25) is 0 Å². The van der Waals surface area contributed by atoms with E-state index in [9.17, 15) is 0 Å². The summed E-state index contributed by atoms with van der Waals surface area (Å²) in [6.07, 6.45) is 28.4. The molecule has 198 valence electrons. The van der Waals surface area contributed by atoms with Gasteiger partial charge < -0.3 is 14.2 Å². The average molecular weight is 469 g/mol. The molecular weight excluding hydrogens is 408 g/mol. The minimum atomic E-state index is -0.473. The highest BCUT2D eigenvalue weighted by Crippen LogP contribution is 2.35. The third-order valence-corrected chi connectivity index (χ3v) is 7.14. The normalized spacial score (nSPS) is 20.0. The van der Waals surface area contributed by atoms with Gasteiger partial charge in [-0.25, -0.2) is 0 Å². The summed E-state index contributed by atoms with van der Waals surface area (Å²) in [5, 5.41) is 0. The van der Waals surface area contributed by atoms with E-state index >= 15 is 0 Å². The van der Waals surface area contributed by atoms with Gasteiger partial charge in [-0.2, -0.15) is 0 Å². The van der Waals surface area contributed by atoms with Crippen molar-refractivity contribution in [2.24, 2.45) is 0 Å². The summed E-state index contributed by atoms with van der Waals surface area (Å²) in [5.74, 6) is -0.473. The molecule has 1 saturated heterocycles. The van der Waals surface area contributed by atoms with Gasteiger partial charge in [0.25, 0.3) is 0 Å². The van der Waals surface area contributed by atoms with Crippen molar-refractivity contribution in [3.05, 3.63) is 0 Å². The topological polar surface area (TPSA) is 27.7 Å². The molecule has 0 aliphatic carbocycles. The molecule has 1 aliphatic heterocycles. The van der Waals surface area contributed by atoms with Crippen LogP contribution in [0.3, 0.4) is 0 Å². The maximum absolute atomic E-state index is 6.37. The summed E-state index contributed by atoms with van der Waals surface area (Å²) < 4.78 is 18.4. The maximum Gasteiger partial charge on any atom is 0.163 e. The van der Waals surface area contributed by atoms with Crippen LogP contribution >= 0.6 is 0 Å². The minimum absolute atomic E-state index is 0.234. The lowest BCUT2D eigenvalue weighted by Gasteiger charge is -2.29. The zero-order chi connectivity index (χ0) is 24.1. The predicted molar refractivity (Wildman–Crippen MR) is 143 cm³/mol. The number of ether oxygens (including phenoxy) is 3. The van der Waals surface area contributed by atoms with Crippen molar-refractivity contribution in [1.29, 1.82) is 0 Å². The fourth-order valence-corrected chi connectivity index (χ4v) is 5.04. The number of hydrogen-bond donors (Lipinski definition) is 0. The van der Waals surface area contributed by atoms with E-state index in [1.54, 1.807) is 0 Å². The van der Waals surface area contributed by atoms with Gasteiger partial charge in [-0.1, -0.05) is 136 Å². The highest BCUT2D eigenvalue weighted by atomic mass is 16.8. The fraction of sp³-hybridized carbons (Fsp3) is 1.00. The largest absolute Gasteiger partial charge is 0.378 e. The molecule has 0 N–H and O–H groups in total. The molecule has 0 bridgehead atoms. The maximum atomic E-state index is 6.37. The molecule has 1 unspecified atom stereocenters. The molecule has 0 amide bonds. The predicted octanol–water partition coefficient (Wildman–Crippen LogP) is 9.76. The Balaban J connectivity index is 2.07. The summed E-state index contributed by atoms with van der Waals surface area (Å²) in [4.78, 5) is 0. The lowest BCUT2D eigenvalue weighted by atomic mass is 9.96. The summed E-state index contributed by atoms with van der Waals surface area (Å²) in [5.41, 5.74) is -0.234. The van der Waals surface area contributed by atoms with E-state index in [2.05, 4.69) is 13.8 Å². The quantitative estimate of drug-likeness (QED) is 0.132. The van der Waals surface area contributed by atoms with Crippen molar-refractivity contribution in [1.82, 2.24) is 0 Å². The van der Waals surface area contributed by atoms with Crippen LogP contribution in [0.15, 0.2) is 0 Å². The molecule has 0 saturated carbocycles. The van der Waals surface area contributed by atoms with Gasteiger partial charge in [-0.3, -0.25) is 0 Å². The second-order valence-corrected chi connectivity index (χ2v) is 11.1. The second-order valence-electron chi connectivity index (χ2n) is 11.1. The zero-order valence-corrected chi connectivity index (χ0v) is 23.2. The van der Waals surface area contributed by atoms with E-state index in [0.717, 1.165) is 13.0 Å². The molecular formula is C30H60O3. The van der Waals surface area contributed by atoms with Crippen molar-refractivity contribution in [3.63, 3.8) is 0 Å². The van der Waals surface area contributed by atoms with E-state index < -0.39 is 5.79 Å². The van der Waals surface area contributed by atoms with Gasteiger partial charge in [0.05, 0.1) is 13.2 Å². The first-order chi connectivity index (χ1) is 16.0. The molecule has 3 heteroatoms. The first kappa shape index (κ1) is 30.9. The summed E-state index contributed by atoms with van der Waals surface area (Å²) >= 11 is 0. The molecule has 0 spiro atoms. The molecule has 0 radical (unpaired) electrons. The summed E-state index contributed by atoms with van der Waals surface area (Å²) in [6, 6.07) is 0. The van der Waals surface area contributed by atoms with Gasteiger partial charge >= 0.3 is 0 Å². The molecule has 33 heavy (non-hydrogen) atoms. The van der Waals surface area contributed by atoms with Crippen LogP contribution in [-0.4, -0.2) is 31.2 Å². The Morgan fingerprint density at radius 2 is 1.00 bits per heavy atom. The van der Waals surface area contributed by atoms with E-state index in [-0.39, 0.29) is 5.60 Å². The fourth-order valence-electron chi connectivity index (χ4n) is 5.04. The Morgan fingerprint density at radius 3 is 1.42 bits per heavy atom. The van der Waals surface area contributed by atoms with Crippen molar-refractivity contribution in [2.75, 3.05) is 19.8 Å². The Kier molecular flexibility index (Phi) is 18.8. The van der Waals surface area contributed by atoms with E-state index in [1.807, 2.05) is 13.8 Å². The van der Waals surface area contributed by atoms with Crippen molar-refractivity contribution in [2.45, 2.75) is 174 Å². The highest BCUT2D eigenvalue weighted by molar-refractivity contribution is 4.88. The molecule has 1 atom stereocenters. The lowest BCUT2D eigenvalue weighted by molar-refractivity contribution is -0.175. The Bertz CT molecular complexity index is 423. The number of hydrogen-bond acceptors (Lipinski definition) is 3. The molecule has 1 aliphatic rings. The average Bonchev–Trinajstić information content (AvgIpc) is 3.10. The summed E-state index contributed by atoms with van der Waals surface area (Å²) in [7, 11) is 0. The molecule has 1 fully saturated rings. The zero-order valence-electron chi connectivity index (χ0n) is 23.2. The molecule has 0 aromatic carbocycles. The Hall–Kier alpha value is -0.120. The molecule has 0 aromatic rings. The molecule has 0 aromatic heterocycles. The lowest BCUT2D eigenvalue weighted by Crippen LogP contribution is -2.39.